The third kappa shape index (κ3) is 2.81. The molecular weight excluding hydrogens is 284 g/mol. The Kier molecular flexibility index (Phi) is 4.06. The van der Waals surface area contributed by atoms with Crippen LogP contribution in [0.25, 0.3) is 0 Å². The van der Waals surface area contributed by atoms with E-state index in [9.17, 15) is 9.59 Å². The molecule has 0 radical (unpaired) electrons. The normalized spacial score (nSPS) is 20.3. The lowest BCUT2D eigenvalue weighted by Crippen LogP contribution is -2.45. The van der Waals surface area contributed by atoms with Crippen molar-refractivity contribution in [2.24, 2.45) is 5.92 Å². The molecule has 0 aromatic carbocycles. The van der Waals surface area contributed by atoms with Crippen LogP contribution < -0.4 is 5.32 Å². The maximum absolute atomic E-state index is 12.4. The molecule has 1 aromatic heterocycles. The molecule has 2 amide bonds. The van der Waals surface area contributed by atoms with Gasteiger partial charge in [-0.05, 0) is 12.8 Å². The van der Waals surface area contributed by atoms with Gasteiger partial charge in [-0.25, -0.2) is 9.97 Å². The number of aromatic nitrogens is 2. The second-order valence-electron chi connectivity index (χ2n) is 5.99. The Morgan fingerprint density at radius 1 is 1.41 bits per heavy atom. The molecule has 22 heavy (non-hydrogen) atoms. The maximum atomic E-state index is 12.4. The van der Waals surface area contributed by atoms with Gasteiger partial charge in [0, 0.05) is 24.2 Å². The Bertz CT molecular complexity index is 602. The fourth-order valence-electron chi connectivity index (χ4n) is 2.83. The largest absolute Gasteiger partial charge is 0.370 e. The number of hydrogen-bond acceptors (Lipinski definition) is 5. The molecule has 7 nitrogen and oxygen atoms in total. The number of anilines is 1. The molecular formula is C15H20N4O3. The van der Waals surface area contributed by atoms with Crippen molar-refractivity contribution >= 4 is 17.8 Å². The van der Waals surface area contributed by atoms with Gasteiger partial charge in [-0.3, -0.25) is 14.9 Å². The third-order valence-electron chi connectivity index (χ3n) is 4.02. The predicted octanol–water partition coefficient (Wildman–Crippen LogP) is 1.09. The first kappa shape index (κ1) is 14.9. The second-order valence-corrected chi connectivity index (χ2v) is 5.99. The van der Waals surface area contributed by atoms with E-state index in [1.165, 1.54) is 0 Å². The molecule has 1 saturated heterocycles. The van der Waals surface area contributed by atoms with E-state index in [0.717, 1.165) is 17.7 Å². The van der Waals surface area contributed by atoms with Gasteiger partial charge in [-0.15, -0.1) is 0 Å². The van der Waals surface area contributed by atoms with E-state index < -0.39 is 6.04 Å². The molecule has 1 N–H and O–H groups in total. The van der Waals surface area contributed by atoms with Crippen LogP contribution >= 0.6 is 0 Å². The van der Waals surface area contributed by atoms with Crippen LogP contribution in [0.1, 0.15) is 37.9 Å². The summed E-state index contributed by atoms with van der Waals surface area (Å²) in [7, 11) is 0. The van der Waals surface area contributed by atoms with Crippen LogP contribution in [0.3, 0.4) is 0 Å². The molecule has 1 unspecified atom stereocenters. The van der Waals surface area contributed by atoms with Crippen molar-refractivity contribution in [2.45, 2.75) is 45.9 Å². The lowest BCUT2D eigenvalue weighted by molar-refractivity contribution is -0.139. The van der Waals surface area contributed by atoms with Gasteiger partial charge in [0.25, 0.3) is 0 Å². The first-order valence-corrected chi connectivity index (χ1v) is 7.60. The molecule has 3 rings (SSSR count). The van der Waals surface area contributed by atoms with Crippen molar-refractivity contribution in [3.63, 3.8) is 0 Å². The molecule has 3 heterocycles. The number of carbonyl (C=O) groups excluding carboxylic acids is 2. The van der Waals surface area contributed by atoms with E-state index in [-0.39, 0.29) is 23.7 Å². The van der Waals surface area contributed by atoms with Crippen molar-refractivity contribution in [1.82, 2.24) is 14.9 Å². The van der Waals surface area contributed by atoms with Crippen LogP contribution in [0, 0.1) is 5.92 Å². The van der Waals surface area contributed by atoms with Crippen LogP contribution in [0.15, 0.2) is 6.20 Å². The lowest BCUT2D eigenvalue weighted by Gasteiger charge is -2.25. The number of rotatable bonds is 3. The minimum atomic E-state index is -0.428. The van der Waals surface area contributed by atoms with Crippen LogP contribution in [0.2, 0.25) is 0 Å². The van der Waals surface area contributed by atoms with E-state index in [1.807, 2.05) is 13.8 Å². The van der Waals surface area contributed by atoms with Gasteiger partial charge in [0.2, 0.25) is 17.8 Å². The second kappa shape index (κ2) is 6.00. The molecule has 1 atom stereocenters. The summed E-state index contributed by atoms with van der Waals surface area (Å²) >= 11 is 0. The molecule has 0 bridgehead atoms. The highest BCUT2D eigenvalue weighted by Gasteiger charge is 2.35. The Balaban J connectivity index is 1.70. The number of carbonyl (C=O) groups is 2. The number of hydrogen-bond donors (Lipinski definition) is 1. The average molecular weight is 304 g/mol. The van der Waals surface area contributed by atoms with Gasteiger partial charge in [0.05, 0.1) is 18.9 Å². The van der Waals surface area contributed by atoms with E-state index in [0.29, 0.717) is 26.2 Å². The minimum Gasteiger partial charge on any atom is -0.370 e. The predicted molar refractivity (Wildman–Crippen MR) is 78.7 cm³/mol. The van der Waals surface area contributed by atoms with E-state index >= 15 is 0 Å². The minimum absolute atomic E-state index is 0.0147. The first-order valence-electron chi connectivity index (χ1n) is 7.60. The maximum Gasteiger partial charge on any atom is 0.249 e. The lowest BCUT2D eigenvalue weighted by atomic mass is 10.1. The number of amides is 2. The van der Waals surface area contributed by atoms with Gasteiger partial charge < -0.3 is 9.64 Å². The van der Waals surface area contributed by atoms with Gasteiger partial charge in [0.15, 0.2) is 0 Å². The van der Waals surface area contributed by atoms with Gasteiger partial charge >= 0.3 is 0 Å². The van der Waals surface area contributed by atoms with Crippen molar-refractivity contribution in [3.05, 3.63) is 17.5 Å². The van der Waals surface area contributed by atoms with Crippen LogP contribution in [-0.4, -0.2) is 39.3 Å². The quantitative estimate of drug-likeness (QED) is 0.903. The van der Waals surface area contributed by atoms with E-state index in [1.54, 1.807) is 11.1 Å². The van der Waals surface area contributed by atoms with Crippen molar-refractivity contribution < 1.29 is 14.3 Å². The van der Waals surface area contributed by atoms with Gasteiger partial charge in [-0.1, -0.05) is 13.8 Å². The fraction of sp³-hybridized carbons (Fsp3) is 0.600. The topological polar surface area (TPSA) is 84.4 Å². The number of nitrogens with one attached hydrogen (secondary N) is 1. The van der Waals surface area contributed by atoms with Gasteiger partial charge in [-0.2, -0.15) is 0 Å². The zero-order valence-corrected chi connectivity index (χ0v) is 12.8. The summed E-state index contributed by atoms with van der Waals surface area (Å²) in [6.45, 7) is 5.29. The Hall–Kier alpha value is -2.02. The SMILES string of the molecule is CC(C)C(=O)N1CCCC1C(=O)Nc1ncc2c(n1)COC2. The van der Waals surface area contributed by atoms with Gasteiger partial charge in [0.1, 0.15) is 6.04 Å². The van der Waals surface area contributed by atoms with Crippen LogP contribution in [-0.2, 0) is 27.5 Å². The summed E-state index contributed by atoms with van der Waals surface area (Å²) in [5, 5.41) is 2.73. The Morgan fingerprint density at radius 2 is 2.23 bits per heavy atom. The van der Waals surface area contributed by atoms with Crippen LogP contribution in [0.5, 0.6) is 0 Å². The molecule has 118 valence electrons. The van der Waals surface area contributed by atoms with Crippen molar-refractivity contribution in [1.29, 1.82) is 0 Å². The fourth-order valence-corrected chi connectivity index (χ4v) is 2.83. The molecule has 7 heteroatoms. The molecule has 0 aliphatic carbocycles. The number of likely N-dealkylation sites (tertiary alicyclic amines) is 1. The number of ether oxygens (including phenoxy) is 1. The summed E-state index contributed by atoms with van der Waals surface area (Å²) in [5.74, 6) is -0.0359. The summed E-state index contributed by atoms with van der Waals surface area (Å²) in [5.41, 5.74) is 1.77. The monoisotopic (exact) mass is 304 g/mol. The van der Waals surface area contributed by atoms with E-state index in [2.05, 4.69) is 15.3 Å². The van der Waals surface area contributed by atoms with Crippen molar-refractivity contribution in [2.75, 3.05) is 11.9 Å². The summed E-state index contributed by atoms with van der Waals surface area (Å²) in [6.07, 6.45) is 3.20. The highest BCUT2D eigenvalue weighted by atomic mass is 16.5. The number of fused-ring (bicyclic) bond motifs is 1. The smallest absolute Gasteiger partial charge is 0.249 e. The molecule has 2 aliphatic heterocycles. The highest BCUT2D eigenvalue weighted by molar-refractivity contribution is 5.96. The zero-order chi connectivity index (χ0) is 15.7. The standard InChI is InChI=1S/C15H20N4O3/c1-9(2)14(21)19-5-3-4-12(19)13(20)18-15-16-6-10-7-22-8-11(10)17-15/h6,9,12H,3-5,7-8H2,1-2H3,(H,16,17,18,20). The summed E-state index contributed by atoms with van der Waals surface area (Å²) in [4.78, 5) is 34.7. The molecule has 2 aliphatic rings. The molecule has 1 aromatic rings. The zero-order valence-electron chi connectivity index (χ0n) is 12.8. The molecule has 0 saturated carbocycles. The first-order chi connectivity index (χ1) is 10.6. The summed E-state index contributed by atoms with van der Waals surface area (Å²) < 4.78 is 5.28. The molecule has 0 spiro atoms. The Morgan fingerprint density at radius 3 is 3.00 bits per heavy atom. The average Bonchev–Trinajstić information content (AvgIpc) is 3.14. The van der Waals surface area contributed by atoms with E-state index in [4.69, 9.17) is 4.74 Å². The van der Waals surface area contributed by atoms with Crippen LogP contribution in [0.4, 0.5) is 5.95 Å². The highest BCUT2D eigenvalue weighted by Crippen LogP contribution is 2.22. The Labute approximate surface area is 129 Å². The van der Waals surface area contributed by atoms with Crippen molar-refractivity contribution in [3.8, 4) is 0 Å². The number of nitrogens with zero attached hydrogens (tertiary/aromatic N) is 3. The summed E-state index contributed by atoms with van der Waals surface area (Å²) in [6, 6.07) is -0.428. The third-order valence-corrected chi connectivity index (χ3v) is 4.02. The molecule has 1 fully saturated rings.